The molecule has 6 nitrogen and oxygen atoms in total. The van der Waals surface area contributed by atoms with Crippen molar-refractivity contribution in [2.24, 2.45) is 0 Å². The molecule has 2 amide bonds. The number of anilines is 1. The van der Waals surface area contributed by atoms with Gasteiger partial charge in [0.1, 0.15) is 12.3 Å². The summed E-state index contributed by atoms with van der Waals surface area (Å²) in [6.45, 7) is 1.99. The van der Waals surface area contributed by atoms with Crippen LogP contribution in [0.4, 0.5) is 5.69 Å². The summed E-state index contributed by atoms with van der Waals surface area (Å²) < 4.78 is 10.1. The van der Waals surface area contributed by atoms with Crippen molar-refractivity contribution in [2.45, 2.75) is 25.7 Å². The maximum absolute atomic E-state index is 12.4. The number of ether oxygens (including phenoxy) is 2. The molecule has 0 radical (unpaired) electrons. The highest BCUT2D eigenvalue weighted by atomic mass is 16.5. The van der Waals surface area contributed by atoms with Gasteiger partial charge in [0.25, 0.3) is 0 Å². The molecule has 1 saturated heterocycles. The summed E-state index contributed by atoms with van der Waals surface area (Å²) in [4.78, 5) is 28.0. The minimum Gasteiger partial charge on any atom is -0.497 e. The zero-order valence-electron chi connectivity index (χ0n) is 14.5. The van der Waals surface area contributed by atoms with E-state index in [4.69, 9.17) is 9.47 Å². The van der Waals surface area contributed by atoms with Crippen LogP contribution in [0.2, 0.25) is 0 Å². The fourth-order valence-electron chi connectivity index (χ4n) is 2.78. The lowest BCUT2D eigenvalue weighted by Crippen LogP contribution is -2.52. The minimum absolute atomic E-state index is 0.0425. The van der Waals surface area contributed by atoms with Gasteiger partial charge in [0.2, 0.25) is 11.8 Å². The number of nitrogens with zero attached hydrogens (tertiary/aromatic N) is 2. The standard InChI is InChI=1S/C18H26N2O4/c1-23-13-5-3-4-6-17(21)19-11-12-20(18(22)14-19)15-7-9-16(24-2)10-8-15/h7-10H,3-6,11-14H2,1-2H3. The van der Waals surface area contributed by atoms with E-state index in [-0.39, 0.29) is 18.4 Å². The van der Waals surface area contributed by atoms with Crippen LogP contribution < -0.4 is 9.64 Å². The van der Waals surface area contributed by atoms with Gasteiger partial charge < -0.3 is 19.3 Å². The minimum atomic E-state index is -0.0425. The molecule has 2 rings (SSSR count). The van der Waals surface area contributed by atoms with Crippen molar-refractivity contribution in [3.8, 4) is 5.75 Å². The van der Waals surface area contributed by atoms with Crippen LogP contribution in [0.25, 0.3) is 0 Å². The first kappa shape index (κ1) is 18.3. The highest BCUT2D eigenvalue weighted by Crippen LogP contribution is 2.21. The van der Waals surface area contributed by atoms with Crippen molar-refractivity contribution in [2.75, 3.05) is 45.4 Å². The van der Waals surface area contributed by atoms with Crippen LogP contribution in [0.5, 0.6) is 5.75 Å². The lowest BCUT2D eigenvalue weighted by atomic mass is 10.1. The van der Waals surface area contributed by atoms with Crippen LogP contribution in [-0.4, -0.2) is 57.2 Å². The molecule has 1 heterocycles. The van der Waals surface area contributed by atoms with E-state index in [1.165, 1.54) is 0 Å². The Hall–Kier alpha value is -2.08. The molecule has 0 atom stereocenters. The molecule has 1 aromatic rings. The Kier molecular flexibility index (Phi) is 7.06. The quantitative estimate of drug-likeness (QED) is 0.683. The number of methoxy groups -OCH3 is 2. The smallest absolute Gasteiger partial charge is 0.246 e. The van der Waals surface area contributed by atoms with Crippen LogP contribution in [-0.2, 0) is 14.3 Å². The van der Waals surface area contributed by atoms with Crippen molar-refractivity contribution < 1.29 is 19.1 Å². The summed E-state index contributed by atoms with van der Waals surface area (Å²) in [5.41, 5.74) is 0.840. The highest BCUT2D eigenvalue weighted by molar-refractivity contribution is 5.97. The number of rotatable bonds is 8. The van der Waals surface area contributed by atoms with Gasteiger partial charge in [-0.05, 0) is 37.1 Å². The Labute approximate surface area is 143 Å². The summed E-state index contributed by atoms with van der Waals surface area (Å²) in [5.74, 6) is 0.780. The SMILES string of the molecule is COCCCCCC(=O)N1CCN(c2ccc(OC)cc2)C(=O)C1. The largest absolute Gasteiger partial charge is 0.497 e. The van der Waals surface area contributed by atoms with E-state index >= 15 is 0 Å². The summed E-state index contributed by atoms with van der Waals surface area (Å²) >= 11 is 0. The van der Waals surface area contributed by atoms with E-state index in [0.29, 0.717) is 19.5 Å². The number of amides is 2. The third-order valence-corrected chi connectivity index (χ3v) is 4.20. The van der Waals surface area contributed by atoms with Crippen LogP contribution >= 0.6 is 0 Å². The molecule has 1 fully saturated rings. The fraction of sp³-hybridized carbons (Fsp3) is 0.556. The molecule has 6 heteroatoms. The summed E-state index contributed by atoms with van der Waals surface area (Å²) in [6, 6.07) is 7.40. The maximum atomic E-state index is 12.4. The predicted octanol–water partition coefficient (Wildman–Crippen LogP) is 2.08. The first-order valence-corrected chi connectivity index (χ1v) is 8.37. The Morgan fingerprint density at radius 3 is 2.46 bits per heavy atom. The van der Waals surface area contributed by atoms with Crippen LogP contribution in [0, 0.1) is 0 Å². The molecule has 24 heavy (non-hydrogen) atoms. The lowest BCUT2D eigenvalue weighted by Gasteiger charge is -2.34. The van der Waals surface area contributed by atoms with E-state index in [9.17, 15) is 9.59 Å². The number of carbonyl (C=O) groups excluding carboxylic acids is 2. The van der Waals surface area contributed by atoms with E-state index in [2.05, 4.69) is 0 Å². The average molecular weight is 334 g/mol. The zero-order valence-corrected chi connectivity index (χ0v) is 14.5. The highest BCUT2D eigenvalue weighted by Gasteiger charge is 2.27. The van der Waals surface area contributed by atoms with Crippen molar-refractivity contribution >= 4 is 17.5 Å². The van der Waals surface area contributed by atoms with E-state index < -0.39 is 0 Å². The van der Waals surface area contributed by atoms with Gasteiger partial charge in [0.05, 0.1) is 7.11 Å². The first-order valence-electron chi connectivity index (χ1n) is 8.37. The topological polar surface area (TPSA) is 59.1 Å². The van der Waals surface area contributed by atoms with Gasteiger partial charge in [-0.1, -0.05) is 6.42 Å². The molecule has 0 unspecified atom stereocenters. The number of benzene rings is 1. The molecule has 0 bridgehead atoms. The van der Waals surface area contributed by atoms with Gasteiger partial charge in [-0.2, -0.15) is 0 Å². The van der Waals surface area contributed by atoms with Crippen molar-refractivity contribution in [3.63, 3.8) is 0 Å². The molecule has 0 aliphatic carbocycles. The van der Waals surface area contributed by atoms with E-state index in [0.717, 1.165) is 37.3 Å². The number of piperazine rings is 1. The van der Waals surface area contributed by atoms with Gasteiger partial charge in [-0.25, -0.2) is 0 Å². The number of unbranched alkanes of at least 4 members (excludes halogenated alkanes) is 2. The Morgan fingerprint density at radius 2 is 1.83 bits per heavy atom. The fourth-order valence-corrected chi connectivity index (χ4v) is 2.78. The molecule has 0 N–H and O–H groups in total. The molecule has 1 aliphatic rings. The van der Waals surface area contributed by atoms with Crippen LogP contribution in [0.3, 0.4) is 0 Å². The van der Waals surface area contributed by atoms with Crippen LogP contribution in [0.15, 0.2) is 24.3 Å². The Morgan fingerprint density at radius 1 is 1.08 bits per heavy atom. The zero-order chi connectivity index (χ0) is 17.4. The van der Waals surface area contributed by atoms with Crippen molar-refractivity contribution in [1.82, 2.24) is 4.90 Å². The Balaban J connectivity index is 1.81. The summed E-state index contributed by atoms with van der Waals surface area (Å²) in [6.07, 6.45) is 3.28. The van der Waals surface area contributed by atoms with Gasteiger partial charge in [-0.3, -0.25) is 9.59 Å². The molecule has 0 saturated carbocycles. The first-order chi connectivity index (χ1) is 11.7. The number of hydrogen-bond acceptors (Lipinski definition) is 4. The molecular weight excluding hydrogens is 308 g/mol. The molecule has 1 aliphatic heterocycles. The van der Waals surface area contributed by atoms with Gasteiger partial charge >= 0.3 is 0 Å². The molecule has 0 aromatic heterocycles. The number of hydrogen-bond donors (Lipinski definition) is 0. The average Bonchev–Trinajstić information content (AvgIpc) is 2.61. The predicted molar refractivity (Wildman–Crippen MR) is 92.3 cm³/mol. The summed E-state index contributed by atoms with van der Waals surface area (Å²) in [7, 11) is 3.29. The second-order valence-electron chi connectivity index (χ2n) is 5.86. The normalized spacial score (nSPS) is 14.8. The van der Waals surface area contributed by atoms with Crippen molar-refractivity contribution in [1.29, 1.82) is 0 Å². The second kappa shape index (κ2) is 9.27. The van der Waals surface area contributed by atoms with Gasteiger partial charge in [0.15, 0.2) is 0 Å². The third kappa shape index (κ3) is 4.96. The maximum Gasteiger partial charge on any atom is 0.246 e. The molecular formula is C18H26N2O4. The van der Waals surface area contributed by atoms with Gasteiger partial charge in [-0.15, -0.1) is 0 Å². The lowest BCUT2D eigenvalue weighted by molar-refractivity contribution is -0.137. The van der Waals surface area contributed by atoms with Crippen LogP contribution in [0.1, 0.15) is 25.7 Å². The molecule has 0 spiro atoms. The van der Waals surface area contributed by atoms with E-state index in [1.54, 1.807) is 24.0 Å². The molecule has 132 valence electrons. The molecule has 1 aromatic carbocycles. The Bertz CT molecular complexity index is 544. The summed E-state index contributed by atoms with van der Waals surface area (Å²) in [5, 5.41) is 0. The second-order valence-corrected chi connectivity index (χ2v) is 5.86. The monoisotopic (exact) mass is 334 g/mol. The third-order valence-electron chi connectivity index (χ3n) is 4.20. The van der Waals surface area contributed by atoms with E-state index in [1.807, 2.05) is 24.3 Å². The number of carbonyl (C=O) groups is 2. The van der Waals surface area contributed by atoms with Gasteiger partial charge in [0, 0.05) is 38.9 Å². The van der Waals surface area contributed by atoms with Crippen molar-refractivity contribution in [3.05, 3.63) is 24.3 Å².